The van der Waals surface area contributed by atoms with Crippen LogP contribution in [0.25, 0.3) is 0 Å². The van der Waals surface area contributed by atoms with E-state index in [9.17, 15) is 31.5 Å². The van der Waals surface area contributed by atoms with E-state index in [0.717, 1.165) is 11.1 Å². The molecule has 10 heteroatoms. The summed E-state index contributed by atoms with van der Waals surface area (Å²) in [7, 11) is -3.90. The van der Waals surface area contributed by atoms with Crippen LogP contribution in [0.2, 0.25) is 0 Å². The highest BCUT2D eigenvalue weighted by Crippen LogP contribution is 2.35. The third-order valence-electron chi connectivity index (χ3n) is 6.22. The highest BCUT2D eigenvalue weighted by atomic mass is 32.2. The molecule has 1 N–H and O–H groups in total. The fourth-order valence-corrected chi connectivity index (χ4v) is 5.82. The zero-order valence-electron chi connectivity index (χ0n) is 17.2. The average molecular weight is 468 g/mol. The van der Waals surface area contributed by atoms with Crippen molar-refractivity contribution < 1.29 is 31.5 Å². The first kappa shape index (κ1) is 22.8. The summed E-state index contributed by atoms with van der Waals surface area (Å²) >= 11 is 0. The number of amides is 1. The SMILES string of the molecule is O=C(N1CCc2ccc(S(=O)(=O)N3CCC(O)(c4ccccc4)CC3)cc2C1)C(F)(F)F. The van der Waals surface area contributed by atoms with Gasteiger partial charge in [0.05, 0.1) is 10.5 Å². The Balaban J connectivity index is 1.52. The second kappa shape index (κ2) is 8.17. The van der Waals surface area contributed by atoms with E-state index < -0.39 is 27.7 Å². The Kier molecular flexibility index (Phi) is 5.81. The van der Waals surface area contributed by atoms with Gasteiger partial charge in [0.25, 0.3) is 0 Å². The largest absolute Gasteiger partial charge is 0.471 e. The predicted molar refractivity (Wildman–Crippen MR) is 110 cm³/mol. The Labute approximate surface area is 184 Å². The number of hydrogen-bond acceptors (Lipinski definition) is 4. The van der Waals surface area contributed by atoms with E-state index in [4.69, 9.17) is 0 Å². The molecule has 0 spiro atoms. The maximum atomic E-state index is 13.2. The van der Waals surface area contributed by atoms with Gasteiger partial charge in [-0.1, -0.05) is 36.4 Å². The molecule has 0 atom stereocenters. The van der Waals surface area contributed by atoms with E-state index in [-0.39, 0.29) is 50.3 Å². The third-order valence-corrected chi connectivity index (χ3v) is 8.11. The van der Waals surface area contributed by atoms with E-state index in [2.05, 4.69) is 0 Å². The fourth-order valence-electron chi connectivity index (χ4n) is 4.33. The summed E-state index contributed by atoms with van der Waals surface area (Å²) in [6.45, 7) is -0.126. The molecular formula is C22H23F3N2O4S. The summed E-state index contributed by atoms with van der Waals surface area (Å²) in [5, 5.41) is 11.0. The van der Waals surface area contributed by atoms with E-state index in [1.807, 2.05) is 30.3 Å². The number of fused-ring (bicyclic) bond motifs is 1. The topological polar surface area (TPSA) is 77.9 Å². The van der Waals surface area contributed by atoms with Gasteiger partial charge >= 0.3 is 12.1 Å². The lowest BCUT2D eigenvalue weighted by Gasteiger charge is -2.38. The van der Waals surface area contributed by atoms with Crippen molar-refractivity contribution in [2.45, 2.75) is 42.5 Å². The van der Waals surface area contributed by atoms with Crippen molar-refractivity contribution >= 4 is 15.9 Å². The van der Waals surface area contributed by atoms with Gasteiger partial charge < -0.3 is 10.0 Å². The van der Waals surface area contributed by atoms with Crippen molar-refractivity contribution in [1.29, 1.82) is 0 Å². The summed E-state index contributed by atoms with van der Waals surface area (Å²) < 4.78 is 66.0. The zero-order chi connectivity index (χ0) is 23.1. The van der Waals surface area contributed by atoms with Crippen LogP contribution in [0.1, 0.15) is 29.5 Å². The van der Waals surface area contributed by atoms with Gasteiger partial charge in [0, 0.05) is 26.2 Å². The van der Waals surface area contributed by atoms with E-state index in [1.54, 1.807) is 6.07 Å². The van der Waals surface area contributed by atoms with Crippen LogP contribution in [0.15, 0.2) is 53.4 Å². The highest BCUT2D eigenvalue weighted by molar-refractivity contribution is 7.89. The number of carbonyl (C=O) groups excluding carboxylic acids is 1. The Morgan fingerprint density at radius 3 is 2.25 bits per heavy atom. The molecule has 1 fully saturated rings. The molecule has 2 heterocycles. The molecule has 0 aromatic heterocycles. The molecule has 2 aromatic rings. The zero-order valence-corrected chi connectivity index (χ0v) is 18.0. The Hall–Kier alpha value is -2.43. The fraction of sp³-hybridized carbons (Fsp3) is 0.409. The van der Waals surface area contributed by atoms with E-state index in [1.165, 1.54) is 16.4 Å². The van der Waals surface area contributed by atoms with Crippen LogP contribution in [-0.2, 0) is 33.4 Å². The molecule has 2 aliphatic rings. The van der Waals surface area contributed by atoms with Crippen LogP contribution in [0.3, 0.4) is 0 Å². The van der Waals surface area contributed by atoms with Crippen molar-refractivity contribution in [3.8, 4) is 0 Å². The summed E-state index contributed by atoms with van der Waals surface area (Å²) in [5.74, 6) is -1.92. The maximum Gasteiger partial charge on any atom is 0.471 e. The summed E-state index contributed by atoms with van der Waals surface area (Å²) in [6, 6.07) is 13.5. The van der Waals surface area contributed by atoms with E-state index >= 15 is 0 Å². The number of halogens is 3. The number of sulfonamides is 1. The van der Waals surface area contributed by atoms with Gasteiger partial charge in [-0.05, 0) is 48.1 Å². The van der Waals surface area contributed by atoms with Crippen molar-refractivity contribution in [2.75, 3.05) is 19.6 Å². The normalized spacial score (nSPS) is 19.4. The monoisotopic (exact) mass is 468 g/mol. The van der Waals surface area contributed by atoms with Crippen LogP contribution in [0.5, 0.6) is 0 Å². The number of carbonyl (C=O) groups is 1. The molecule has 0 radical (unpaired) electrons. The van der Waals surface area contributed by atoms with Crippen molar-refractivity contribution in [2.24, 2.45) is 0 Å². The molecule has 0 unspecified atom stereocenters. The second-order valence-electron chi connectivity index (χ2n) is 8.21. The standard InChI is InChI=1S/C22H23F3N2O4S/c23-22(24,25)20(28)26-11-8-16-6-7-19(14-17(16)15-26)32(30,31)27-12-9-21(29,10-13-27)18-4-2-1-3-5-18/h1-7,14,29H,8-13,15H2. The smallest absolute Gasteiger partial charge is 0.385 e. The molecule has 2 aliphatic heterocycles. The lowest BCUT2D eigenvalue weighted by Crippen LogP contribution is -2.45. The highest BCUT2D eigenvalue weighted by Gasteiger charge is 2.43. The molecule has 6 nitrogen and oxygen atoms in total. The molecule has 2 aromatic carbocycles. The molecule has 0 saturated carbocycles. The quantitative estimate of drug-likeness (QED) is 0.752. The van der Waals surface area contributed by atoms with E-state index in [0.29, 0.717) is 10.5 Å². The lowest BCUT2D eigenvalue weighted by molar-refractivity contribution is -0.186. The van der Waals surface area contributed by atoms with Gasteiger partial charge in [-0.2, -0.15) is 17.5 Å². The molecule has 0 bridgehead atoms. The van der Waals surface area contributed by atoms with Crippen LogP contribution in [0, 0.1) is 0 Å². The van der Waals surface area contributed by atoms with Gasteiger partial charge in [0.1, 0.15) is 0 Å². The van der Waals surface area contributed by atoms with Crippen molar-refractivity contribution in [3.63, 3.8) is 0 Å². The summed E-state index contributed by atoms with van der Waals surface area (Å²) in [6.07, 6.45) is -4.28. The van der Waals surface area contributed by atoms with Crippen LogP contribution in [0.4, 0.5) is 13.2 Å². The minimum absolute atomic E-state index is 0.0253. The summed E-state index contributed by atoms with van der Waals surface area (Å²) in [4.78, 5) is 12.3. The van der Waals surface area contributed by atoms with Crippen molar-refractivity contribution in [1.82, 2.24) is 9.21 Å². The molecule has 1 saturated heterocycles. The molecule has 0 aliphatic carbocycles. The number of rotatable bonds is 3. The number of hydrogen-bond donors (Lipinski definition) is 1. The first-order valence-corrected chi connectivity index (χ1v) is 11.7. The minimum Gasteiger partial charge on any atom is -0.385 e. The van der Waals surface area contributed by atoms with Gasteiger partial charge in [-0.3, -0.25) is 4.79 Å². The molecular weight excluding hydrogens is 445 g/mol. The number of alkyl halides is 3. The first-order chi connectivity index (χ1) is 15.0. The Bertz CT molecular complexity index is 1110. The van der Waals surface area contributed by atoms with Gasteiger partial charge in [-0.15, -0.1) is 0 Å². The maximum absolute atomic E-state index is 13.2. The van der Waals surface area contributed by atoms with Gasteiger partial charge in [0.2, 0.25) is 10.0 Å². The Morgan fingerprint density at radius 1 is 0.969 bits per heavy atom. The lowest BCUT2D eigenvalue weighted by atomic mass is 9.85. The van der Waals surface area contributed by atoms with Crippen LogP contribution >= 0.6 is 0 Å². The average Bonchev–Trinajstić information content (AvgIpc) is 2.78. The number of piperidine rings is 1. The van der Waals surface area contributed by atoms with Crippen molar-refractivity contribution in [3.05, 3.63) is 65.2 Å². The molecule has 4 rings (SSSR count). The number of benzene rings is 2. The van der Waals surface area contributed by atoms with Gasteiger partial charge in [-0.25, -0.2) is 8.42 Å². The Morgan fingerprint density at radius 2 is 1.62 bits per heavy atom. The van der Waals surface area contributed by atoms with Crippen LogP contribution in [-0.4, -0.2) is 54.4 Å². The van der Waals surface area contributed by atoms with Gasteiger partial charge in [0.15, 0.2) is 0 Å². The summed E-state index contributed by atoms with van der Waals surface area (Å²) in [5.41, 5.74) is 0.752. The number of aliphatic hydroxyl groups is 1. The van der Waals surface area contributed by atoms with Crippen LogP contribution < -0.4 is 0 Å². The molecule has 1 amide bonds. The first-order valence-electron chi connectivity index (χ1n) is 10.3. The predicted octanol–water partition coefficient (Wildman–Crippen LogP) is 2.81. The third kappa shape index (κ3) is 4.26. The second-order valence-corrected chi connectivity index (χ2v) is 10.1. The molecule has 172 valence electrons. The molecule has 32 heavy (non-hydrogen) atoms. The number of nitrogens with zero attached hydrogens (tertiary/aromatic N) is 2. The minimum atomic E-state index is -4.97.